The molecule has 35 heavy (non-hydrogen) atoms. The van der Waals surface area contributed by atoms with Gasteiger partial charge in [0.25, 0.3) is 5.91 Å². The van der Waals surface area contributed by atoms with Crippen LogP contribution in [0, 0.1) is 0 Å². The Morgan fingerprint density at radius 3 is 2.91 bits per heavy atom. The van der Waals surface area contributed by atoms with Crippen LogP contribution in [0.25, 0.3) is 5.57 Å². The molecule has 1 aromatic carbocycles. The monoisotopic (exact) mass is 481 g/mol. The van der Waals surface area contributed by atoms with Crippen LogP contribution in [0.1, 0.15) is 53.7 Å². The van der Waals surface area contributed by atoms with Crippen LogP contribution in [0.4, 0.5) is 10.2 Å². The number of hydrogen-bond donors (Lipinski definition) is 3. The zero-order valence-corrected chi connectivity index (χ0v) is 20.6. The van der Waals surface area contributed by atoms with Crippen LogP contribution in [0.3, 0.4) is 0 Å². The number of aliphatic imine (C=N–C) groups is 1. The molecule has 7 nitrogen and oxygen atoms in total. The van der Waals surface area contributed by atoms with E-state index in [0.717, 1.165) is 46.7 Å². The summed E-state index contributed by atoms with van der Waals surface area (Å²) in [5, 5.41) is 6.08. The molecule has 2 aromatic rings. The number of nitrogens with one attached hydrogen (secondary N) is 2. The normalized spacial score (nSPS) is 12.4. The molecule has 0 bridgehead atoms. The van der Waals surface area contributed by atoms with Crippen molar-refractivity contribution in [3.8, 4) is 5.75 Å². The van der Waals surface area contributed by atoms with Crippen LogP contribution in [0.5, 0.6) is 5.75 Å². The van der Waals surface area contributed by atoms with Crippen molar-refractivity contribution in [1.82, 2.24) is 10.3 Å². The van der Waals surface area contributed by atoms with Gasteiger partial charge in [-0.05, 0) is 49.1 Å². The fourth-order valence-electron chi connectivity index (χ4n) is 3.32. The van der Waals surface area contributed by atoms with E-state index in [0.29, 0.717) is 31.7 Å². The molecule has 0 radical (unpaired) electrons. The van der Waals surface area contributed by atoms with Gasteiger partial charge in [-0.1, -0.05) is 25.1 Å². The number of halogens is 1. The molecule has 0 atom stereocenters. The van der Waals surface area contributed by atoms with E-state index in [9.17, 15) is 9.18 Å². The molecule has 1 aromatic heterocycles. The van der Waals surface area contributed by atoms with E-state index in [4.69, 9.17) is 10.5 Å². The molecular formula is C27H36FN5O2. The van der Waals surface area contributed by atoms with Gasteiger partial charge in [-0.3, -0.25) is 14.2 Å². The largest absolute Gasteiger partial charge is 0.492 e. The number of aromatic nitrogens is 1. The van der Waals surface area contributed by atoms with Gasteiger partial charge >= 0.3 is 0 Å². The van der Waals surface area contributed by atoms with Crippen molar-refractivity contribution in [3.05, 3.63) is 71.4 Å². The first kappa shape index (κ1) is 27.7. The summed E-state index contributed by atoms with van der Waals surface area (Å²) < 4.78 is 18.1. The van der Waals surface area contributed by atoms with Crippen LogP contribution in [-0.2, 0) is 13.0 Å². The van der Waals surface area contributed by atoms with Gasteiger partial charge < -0.3 is 21.1 Å². The number of alkyl halides is 1. The Balaban J connectivity index is 0.00000100. The lowest BCUT2D eigenvalue weighted by Crippen LogP contribution is -2.24. The number of ether oxygens (including phenoxy) is 1. The quantitative estimate of drug-likeness (QED) is 0.246. The van der Waals surface area contributed by atoms with E-state index in [2.05, 4.69) is 34.1 Å². The number of allylic oxidation sites excluding steroid dienone is 3. The lowest BCUT2D eigenvalue weighted by molar-refractivity contribution is 0.0952. The third kappa shape index (κ3) is 8.64. The second-order valence-electron chi connectivity index (χ2n) is 7.84. The third-order valence-corrected chi connectivity index (χ3v) is 5.22. The van der Waals surface area contributed by atoms with Gasteiger partial charge in [0.1, 0.15) is 11.6 Å². The van der Waals surface area contributed by atoms with Gasteiger partial charge in [-0.15, -0.1) is 6.58 Å². The molecule has 4 N–H and O–H groups in total. The molecule has 2 heterocycles. The molecule has 188 valence electrons. The van der Waals surface area contributed by atoms with Crippen molar-refractivity contribution in [2.45, 2.75) is 39.7 Å². The van der Waals surface area contributed by atoms with E-state index in [1.807, 2.05) is 37.3 Å². The van der Waals surface area contributed by atoms with E-state index >= 15 is 0 Å². The van der Waals surface area contributed by atoms with Crippen molar-refractivity contribution in [1.29, 1.82) is 0 Å². The Bertz CT molecular complexity index is 1040. The maximum Gasteiger partial charge on any atom is 0.251 e. The number of carbonyl (C=O) groups is 1. The first-order valence-electron chi connectivity index (χ1n) is 11.8. The van der Waals surface area contributed by atoms with Crippen molar-refractivity contribution >= 4 is 23.5 Å². The number of nitrogens with two attached hydrogens (primary N) is 1. The van der Waals surface area contributed by atoms with Crippen molar-refractivity contribution < 1.29 is 13.9 Å². The minimum atomic E-state index is -0.444. The molecule has 8 heteroatoms. The van der Waals surface area contributed by atoms with Gasteiger partial charge in [0.15, 0.2) is 0 Å². The van der Waals surface area contributed by atoms with Crippen LogP contribution in [-0.4, -0.2) is 43.6 Å². The summed E-state index contributed by atoms with van der Waals surface area (Å²) in [6.45, 7) is 8.79. The molecule has 0 saturated carbocycles. The second kappa shape index (κ2) is 15.4. The molecule has 0 fully saturated rings. The first-order chi connectivity index (χ1) is 17.0. The molecule has 0 spiro atoms. The number of anilines is 1. The van der Waals surface area contributed by atoms with Crippen LogP contribution >= 0.6 is 0 Å². The predicted octanol–water partition coefficient (Wildman–Crippen LogP) is 4.69. The minimum absolute atomic E-state index is 0.201. The lowest BCUT2D eigenvalue weighted by Gasteiger charge is -2.13. The van der Waals surface area contributed by atoms with Crippen molar-refractivity contribution in [3.63, 3.8) is 0 Å². The molecular weight excluding hydrogens is 445 g/mol. The van der Waals surface area contributed by atoms with Gasteiger partial charge in [-0.25, -0.2) is 4.98 Å². The van der Waals surface area contributed by atoms with E-state index in [-0.39, 0.29) is 12.6 Å². The highest BCUT2D eigenvalue weighted by molar-refractivity contribution is 5.94. The highest BCUT2D eigenvalue weighted by atomic mass is 19.1. The van der Waals surface area contributed by atoms with Crippen LogP contribution in [0.2, 0.25) is 0 Å². The molecule has 0 saturated heterocycles. The number of carbonyl (C=O) groups excluding carboxylic acids is 1. The zero-order valence-electron chi connectivity index (χ0n) is 20.6. The third-order valence-electron chi connectivity index (χ3n) is 5.22. The summed E-state index contributed by atoms with van der Waals surface area (Å²) in [5.74, 6) is 1.42. The lowest BCUT2D eigenvalue weighted by atomic mass is 10.0. The number of fused-ring (bicyclic) bond motifs is 1. The zero-order chi connectivity index (χ0) is 25.5. The summed E-state index contributed by atoms with van der Waals surface area (Å²) in [7, 11) is 0. The van der Waals surface area contributed by atoms with Gasteiger partial charge in [0.05, 0.1) is 20.0 Å². The predicted molar refractivity (Wildman–Crippen MR) is 142 cm³/mol. The van der Waals surface area contributed by atoms with Crippen molar-refractivity contribution in [2.24, 2.45) is 10.7 Å². The molecule has 1 amide bonds. The smallest absolute Gasteiger partial charge is 0.251 e. The molecule has 1 aliphatic heterocycles. The Morgan fingerprint density at radius 1 is 1.40 bits per heavy atom. The van der Waals surface area contributed by atoms with Crippen LogP contribution in [0.15, 0.2) is 54.2 Å². The van der Waals surface area contributed by atoms with E-state index in [1.54, 1.807) is 18.5 Å². The van der Waals surface area contributed by atoms with Crippen LogP contribution < -0.4 is 21.1 Å². The summed E-state index contributed by atoms with van der Waals surface area (Å²) in [6.07, 6.45) is 9.42. The molecule has 0 unspecified atom stereocenters. The Kier molecular flexibility index (Phi) is 12.2. The Morgan fingerprint density at radius 2 is 2.20 bits per heavy atom. The molecule has 1 aliphatic rings. The topological polar surface area (TPSA) is 102 Å². The summed E-state index contributed by atoms with van der Waals surface area (Å²) in [4.78, 5) is 20.8. The first-order valence-corrected chi connectivity index (χ1v) is 11.8. The average Bonchev–Trinajstić information content (AvgIpc) is 3.38. The number of hydrogen-bond acceptors (Lipinski definition) is 6. The van der Waals surface area contributed by atoms with Gasteiger partial charge in [0.2, 0.25) is 0 Å². The number of benzene rings is 1. The maximum atomic E-state index is 12.2. The Hall–Kier alpha value is -3.52. The number of nitrogens with zero attached hydrogens (tertiary/aromatic N) is 2. The van der Waals surface area contributed by atoms with Gasteiger partial charge in [0, 0.05) is 48.6 Å². The Labute approximate surface area is 207 Å². The summed E-state index contributed by atoms with van der Waals surface area (Å²) in [5.41, 5.74) is 9.87. The SMILES string of the molecule is C/C(=C\C=N/CN)c1cnc(NCc2cccc(C(=O)NCCCF)c2)c2c1OCC2.C=CCC. The van der Waals surface area contributed by atoms with Crippen molar-refractivity contribution in [2.75, 3.05) is 31.8 Å². The second-order valence-corrected chi connectivity index (χ2v) is 7.84. The minimum Gasteiger partial charge on any atom is -0.492 e. The highest BCUT2D eigenvalue weighted by Crippen LogP contribution is 2.37. The maximum absolute atomic E-state index is 12.2. The molecule has 3 rings (SSSR count). The summed E-state index contributed by atoms with van der Waals surface area (Å²) in [6, 6.07) is 7.35. The standard InChI is InChI=1S/C23H28FN5O2.C4H8/c1-16(6-10-26-15-25)20-14-29-22(19-7-11-31-21(19)20)28-13-17-4-2-5-18(12-17)23(30)27-9-3-8-24;1-3-4-2/h2,4-6,10,12,14H,3,7-9,11,13,15,25H2,1H3,(H,27,30)(H,28,29);3H,1,4H2,2H3/b16-6+,26-10-;. The van der Waals surface area contributed by atoms with Gasteiger partial charge in [-0.2, -0.15) is 0 Å². The molecule has 0 aliphatic carbocycles. The number of pyridine rings is 1. The number of rotatable bonds is 11. The fourth-order valence-corrected chi connectivity index (χ4v) is 3.32. The summed E-state index contributed by atoms with van der Waals surface area (Å²) >= 11 is 0. The average molecular weight is 482 g/mol. The van der Waals surface area contributed by atoms with E-state index < -0.39 is 6.67 Å². The fraction of sp³-hybridized carbons (Fsp3) is 0.370. The van der Waals surface area contributed by atoms with E-state index in [1.165, 1.54) is 0 Å². The number of amides is 1. The highest BCUT2D eigenvalue weighted by Gasteiger charge is 2.22.